The monoisotopic (exact) mass is 240 g/mol. The Bertz CT molecular complexity index is 216. The van der Waals surface area contributed by atoms with Gasteiger partial charge in [0, 0.05) is 0 Å². The van der Waals surface area contributed by atoms with E-state index in [9.17, 15) is 5.11 Å². The fourth-order valence-electron chi connectivity index (χ4n) is 3.62. The van der Waals surface area contributed by atoms with E-state index in [1.807, 2.05) is 0 Å². The second kappa shape index (κ2) is 6.22. The first kappa shape index (κ1) is 15.0. The molecular formula is C16H32O. The number of hydrogen-bond acceptors (Lipinski definition) is 1. The van der Waals surface area contributed by atoms with Gasteiger partial charge in [-0.15, -0.1) is 0 Å². The lowest BCUT2D eigenvalue weighted by atomic mass is 9.62. The molecular weight excluding hydrogens is 208 g/mol. The molecule has 1 heteroatoms. The smallest absolute Gasteiger partial charge is 0.0680 e. The summed E-state index contributed by atoms with van der Waals surface area (Å²) < 4.78 is 0. The van der Waals surface area contributed by atoms with Crippen molar-refractivity contribution in [2.45, 2.75) is 91.1 Å². The molecule has 0 amide bonds. The van der Waals surface area contributed by atoms with Gasteiger partial charge in [0.05, 0.1) is 5.60 Å². The largest absolute Gasteiger partial charge is 0.390 e. The van der Waals surface area contributed by atoms with Crippen LogP contribution in [-0.4, -0.2) is 10.7 Å². The topological polar surface area (TPSA) is 20.2 Å². The molecule has 0 saturated heterocycles. The SMILES string of the molecule is CCCCCCC1(O)CCCCC1C(C)(C)C. The molecule has 1 saturated carbocycles. The van der Waals surface area contributed by atoms with Crippen molar-refractivity contribution in [3.63, 3.8) is 0 Å². The highest BCUT2D eigenvalue weighted by atomic mass is 16.3. The van der Waals surface area contributed by atoms with E-state index in [0.717, 1.165) is 12.8 Å². The van der Waals surface area contributed by atoms with Gasteiger partial charge in [-0.25, -0.2) is 0 Å². The minimum absolute atomic E-state index is 0.250. The van der Waals surface area contributed by atoms with Crippen LogP contribution in [0.2, 0.25) is 0 Å². The predicted molar refractivity (Wildman–Crippen MR) is 75.1 cm³/mol. The Morgan fingerprint density at radius 2 is 1.82 bits per heavy atom. The fraction of sp³-hybridized carbons (Fsp3) is 1.00. The first-order valence-corrected chi connectivity index (χ1v) is 7.62. The molecule has 0 bridgehead atoms. The highest BCUT2D eigenvalue weighted by Crippen LogP contribution is 2.46. The number of hydrogen-bond donors (Lipinski definition) is 1. The average Bonchev–Trinajstić information content (AvgIpc) is 2.23. The zero-order valence-corrected chi connectivity index (χ0v) is 12.4. The van der Waals surface area contributed by atoms with Crippen molar-refractivity contribution in [3.05, 3.63) is 0 Å². The molecule has 0 spiro atoms. The summed E-state index contributed by atoms with van der Waals surface area (Å²) in [4.78, 5) is 0. The highest BCUT2D eigenvalue weighted by Gasteiger charge is 2.43. The molecule has 0 heterocycles. The van der Waals surface area contributed by atoms with Crippen LogP contribution in [-0.2, 0) is 0 Å². The van der Waals surface area contributed by atoms with E-state index in [0.29, 0.717) is 5.92 Å². The van der Waals surface area contributed by atoms with Gasteiger partial charge in [0.15, 0.2) is 0 Å². The van der Waals surface area contributed by atoms with Crippen molar-refractivity contribution in [1.82, 2.24) is 0 Å². The van der Waals surface area contributed by atoms with E-state index >= 15 is 0 Å². The second-order valence-corrected chi connectivity index (χ2v) is 7.08. The lowest BCUT2D eigenvalue weighted by Gasteiger charge is -2.47. The Hall–Kier alpha value is -0.0400. The molecule has 1 aliphatic rings. The zero-order valence-electron chi connectivity index (χ0n) is 12.4. The van der Waals surface area contributed by atoms with E-state index in [2.05, 4.69) is 27.7 Å². The number of aliphatic hydroxyl groups is 1. The maximum Gasteiger partial charge on any atom is 0.0680 e. The second-order valence-electron chi connectivity index (χ2n) is 7.08. The fourth-order valence-corrected chi connectivity index (χ4v) is 3.62. The predicted octanol–water partition coefficient (Wildman–Crippen LogP) is 4.92. The Balaban J connectivity index is 2.55. The van der Waals surface area contributed by atoms with Gasteiger partial charge in [0.1, 0.15) is 0 Å². The molecule has 102 valence electrons. The molecule has 1 rings (SSSR count). The van der Waals surface area contributed by atoms with Crippen LogP contribution in [0.4, 0.5) is 0 Å². The maximum atomic E-state index is 11.0. The highest BCUT2D eigenvalue weighted by molar-refractivity contribution is 4.95. The Morgan fingerprint density at radius 1 is 1.12 bits per heavy atom. The Morgan fingerprint density at radius 3 is 2.41 bits per heavy atom. The third-order valence-corrected chi connectivity index (χ3v) is 4.51. The van der Waals surface area contributed by atoms with E-state index in [1.165, 1.54) is 44.9 Å². The summed E-state index contributed by atoms with van der Waals surface area (Å²) in [5.74, 6) is 0.491. The quantitative estimate of drug-likeness (QED) is 0.676. The van der Waals surface area contributed by atoms with E-state index in [1.54, 1.807) is 0 Å². The van der Waals surface area contributed by atoms with Crippen LogP contribution >= 0.6 is 0 Å². The minimum atomic E-state index is -0.371. The molecule has 2 atom stereocenters. The summed E-state index contributed by atoms with van der Waals surface area (Å²) in [6, 6.07) is 0. The van der Waals surface area contributed by atoms with Crippen LogP contribution in [0.3, 0.4) is 0 Å². The Labute approximate surface area is 108 Å². The molecule has 1 aliphatic carbocycles. The van der Waals surface area contributed by atoms with Gasteiger partial charge >= 0.3 is 0 Å². The van der Waals surface area contributed by atoms with E-state index in [-0.39, 0.29) is 11.0 Å². The van der Waals surface area contributed by atoms with Gasteiger partial charge in [-0.2, -0.15) is 0 Å². The normalized spacial score (nSPS) is 30.5. The van der Waals surface area contributed by atoms with Gasteiger partial charge < -0.3 is 5.11 Å². The molecule has 0 aromatic heterocycles. The molecule has 1 N–H and O–H groups in total. The van der Waals surface area contributed by atoms with Crippen LogP contribution in [0.15, 0.2) is 0 Å². The molecule has 17 heavy (non-hydrogen) atoms. The summed E-state index contributed by atoms with van der Waals surface area (Å²) in [5.41, 5.74) is -0.121. The van der Waals surface area contributed by atoms with Gasteiger partial charge in [-0.3, -0.25) is 0 Å². The standard InChI is InChI=1S/C16H32O/c1-5-6-7-9-12-16(17)13-10-8-11-14(16)15(2,3)4/h14,17H,5-13H2,1-4H3. The van der Waals surface area contributed by atoms with Gasteiger partial charge in [0.25, 0.3) is 0 Å². The summed E-state index contributed by atoms with van der Waals surface area (Å²) in [6.45, 7) is 9.12. The van der Waals surface area contributed by atoms with Crippen LogP contribution in [0.5, 0.6) is 0 Å². The van der Waals surface area contributed by atoms with Crippen LogP contribution < -0.4 is 0 Å². The van der Waals surface area contributed by atoms with Crippen molar-refractivity contribution in [2.75, 3.05) is 0 Å². The van der Waals surface area contributed by atoms with Gasteiger partial charge in [-0.05, 0) is 30.6 Å². The molecule has 1 nitrogen and oxygen atoms in total. The lowest BCUT2D eigenvalue weighted by Crippen LogP contribution is -2.46. The van der Waals surface area contributed by atoms with Crippen molar-refractivity contribution in [3.8, 4) is 0 Å². The average molecular weight is 240 g/mol. The van der Waals surface area contributed by atoms with Crippen molar-refractivity contribution < 1.29 is 5.11 Å². The van der Waals surface area contributed by atoms with Crippen molar-refractivity contribution >= 4 is 0 Å². The molecule has 1 fully saturated rings. The molecule has 0 aromatic carbocycles. The van der Waals surface area contributed by atoms with E-state index < -0.39 is 0 Å². The van der Waals surface area contributed by atoms with Crippen molar-refractivity contribution in [1.29, 1.82) is 0 Å². The Kier molecular flexibility index (Phi) is 5.50. The summed E-state index contributed by atoms with van der Waals surface area (Å²) >= 11 is 0. The number of unbranched alkanes of at least 4 members (excludes halogenated alkanes) is 3. The number of rotatable bonds is 5. The molecule has 2 unspecified atom stereocenters. The van der Waals surface area contributed by atoms with Crippen molar-refractivity contribution in [2.24, 2.45) is 11.3 Å². The minimum Gasteiger partial charge on any atom is -0.390 e. The van der Waals surface area contributed by atoms with Crippen LogP contribution in [0, 0.1) is 11.3 Å². The third-order valence-electron chi connectivity index (χ3n) is 4.51. The van der Waals surface area contributed by atoms with Crippen LogP contribution in [0.1, 0.15) is 85.5 Å². The lowest BCUT2D eigenvalue weighted by molar-refractivity contribution is -0.0961. The first-order chi connectivity index (χ1) is 7.90. The summed E-state index contributed by atoms with van der Waals surface area (Å²) in [6.07, 6.45) is 10.9. The maximum absolute atomic E-state index is 11.0. The van der Waals surface area contributed by atoms with Crippen LogP contribution in [0.25, 0.3) is 0 Å². The van der Waals surface area contributed by atoms with Gasteiger partial charge in [-0.1, -0.05) is 66.2 Å². The van der Waals surface area contributed by atoms with E-state index in [4.69, 9.17) is 0 Å². The molecule has 0 aromatic rings. The zero-order chi connectivity index (χ0) is 12.9. The summed E-state index contributed by atoms with van der Waals surface area (Å²) in [7, 11) is 0. The van der Waals surface area contributed by atoms with Gasteiger partial charge in [0.2, 0.25) is 0 Å². The molecule has 0 aliphatic heterocycles. The third kappa shape index (κ3) is 4.28. The summed E-state index contributed by atoms with van der Waals surface area (Å²) in [5, 5.41) is 11.0. The molecule has 0 radical (unpaired) electrons. The first-order valence-electron chi connectivity index (χ1n) is 7.62.